The Morgan fingerprint density at radius 2 is 1.65 bits per heavy atom. The van der Waals surface area contributed by atoms with Crippen LogP contribution in [0.25, 0.3) is 0 Å². The fraction of sp³-hybridized carbons (Fsp3) is 0.235. The monoisotopic (exact) mass is 336 g/mol. The molecule has 0 aromatic heterocycles. The van der Waals surface area contributed by atoms with Crippen molar-refractivity contribution in [2.45, 2.75) is 6.61 Å². The minimum absolute atomic E-state index is 0.121. The Kier molecular flexibility index (Phi) is 5.71. The first-order valence-corrected chi connectivity index (χ1v) is 7.18. The summed E-state index contributed by atoms with van der Waals surface area (Å²) in [6.07, 6.45) is 0. The zero-order valence-corrected chi connectivity index (χ0v) is 13.8. The Morgan fingerprint density at radius 3 is 2.17 bits per heavy atom. The summed E-state index contributed by atoms with van der Waals surface area (Å²) in [7, 11) is 4.47. The predicted molar refractivity (Wildman–Crippen MR) is 86.7 cm³/mol. The van der Waals surface area contributed by atoms with Crippen LogP contribution in [0.15, 0.2) is 36.4 Å². The van der Waals surface area contributed by atoms with E-state index < -0.39 is 5.97 Å². The van der Waals surface area contributed by atoms with Crippen molar-refractivity contribution >= 4 is 17.6 Å². The van der Waals surface area contributed by atoms with E-state index in [-0.39, 0.29) is 6.61 Å². The summed E-state index contributed by atoms with van der Waals surface area (Å²) in [6, 6.07) is 10.2. The molecule has 122 valence electrons. The summed E-state index contributed by atoms with van der Waals surface area (Å²) in [5.74, 6) is 0.703. The lowest BCUT2D eigenvalue weighted by molar-refractivity contribution is 0.0472. The van der Waals surface area contributed by atoms with Crippen LogP contribution in [0.3, 0.4) is 0 Å². The third-order valence-corrected chi connectivity index (χ3v) is 3.39. The third kappa shape index (κ3) is 4.07. The number of halogens is 1. The Morgan fingerprint density at radius 1 is 1.00 bits per heavy atom. The van der Waals surface area contributed by atoms with Crippen LogP contribution in [0.5, 0.6) is 17.2 Å². The highest BCUT2D eigenvalue weighted by molar-refractivity contribution is 6.30. The van der Waals surface area contributed by atoms with Gasteiger partial charge in [-0.25, -0.2) is 4.79 Å². The van der Waals surface area contributed by atoms with Crippen molar-refractivity contribution < 1.29 is 23.7 Å². The number of carbonyl (C=O) groups is 1. The van der Waals surface area contributed by atoms with Crippen molar-refractivity contribution in [1.82, 2.24) is 0 Å². The number of esters is 1. The highest BCUT2D eigenvalue weighted by Gasteiger charge is 2.17. The largest absolute Gasteiger partial charge is 0.493 e. The summed E-state index contributed by atoms with van der Waals surface area (Å²) in [5, 5.41) is 0.589. The van der Waals surface area contributed by atoms with Gasteiger partial charge >= 0.3 is 5.97 Å². The van der Waals surface area contributed by atoms with E-state index in [1.807, 2.05) is 6.07 Å². The van der Waals surface area contributed by atoms with E-state index in [2.05, 4.69) is 0 Å². The first-order valence-electron chi connectivity index (χ1n) is 6.80. The lowest BCUT2D eigenvalue weighted by atomic mass is 10.2. The number of rotatable bonds is 6. The minimum atomic E-state index is -0.496. The van der Waals surface area contributed by atoms with Crippen molar-refractivity contribution in [3.63, 3.8) is 0 Å². The fourth-order valence-electron chi connectivity index (χ4n) is 2.06. The van der Waals surface area contributed by atoms with Crippen LogP contribution >= 0.6 is 11.6 Å². The molecule has 0 atom stereocenters. The number of ether oxygens (including phenoxy) is 4. The molecule has 0 aliphatic rings. The SMILES string of the molecule is COc1cc(C(=O)OCc2cccc(Cl)c2)cc(OC)c1OC. The van der Waals surface area contributed by atoms with E-state index in [4.69, 9.17) is 30.5 Å². The summed E-state index contributed by atoms with van der Waals surface area (Å²) in [5.41, 5.74) is 1.11. The van der Waals surface area contributed by atoms with Crippen LogP contribution in [0.2, 0.25) is 5.02 Å². The van der Waals surface area contributed by atoms with E-state index in [0.717, 1.165) is 5.56 Å². The lowest BCUT2D eigenvalue weighted by Gasteiger charge is -2.13. The second-order valence-corrected chi connectivity index (χ2v) is 5.06. The number of benzene rings is 2. The molecule has 0 unspecified atom stereocenters. The molecule has 2 aromatic carbocycles. The molecule has 5 nitrogen and oxygen atoms in total. The van der Waals surface area contributed by atoms with E-state index in [1.165, 1.54) is 21.3 Å². The fourth-order valence-corrected chi connectivity index (χ4v) is 2.27. The summed E-state index contributed by atoms with van der Waals surface area (Å²) >= 11 is 5.90. The van der Waals surface area contributed by atoms with Gasteiger partial charge in [0.25, 0.3) is 0 Å². The van der Waals surface area contributed by atoms with Crippen molar-refractivity contribution in [2.24, 2.45) is 0 Å². The molecule has 0 spiro atoms. The van der Waals surface area contributed by atoms with Crippen LogP contribution in [0, 0.1) is 0 Å². The second-order valence-electron chi connectivity index (χ2n) is 4.62. The molecular weight excluding hydrogens is 320 g/mol. The first-order chi connectivity index (χ1) is 11.1. The Labute approximate surface area is 139 Å². The summed E-state index contributed by atoms with van der Waals surface area (Å²) in [6.45, 7) is 0.121. The van der Waals surface area contributed by atoms with Crippen LogP contribution in [-0.2, 0) is 11.3 Å². The van der Waals surface area contributed by atoms with Crippen molar-refractivity contribution in [3.8, 4) is 17.2 Å². The average molecular weight is 337 g/mol. The molecule has 2 rings (SSSR count). The van der Waals surface area contributed by atoms with Gasteiger partial charge in [-0.15, -0.1) is 0 Å². The van der Waals surface area contributed by atoms with E-state index >= 15 is 0 Å². The first kappa shape index (κ1) is 17.0. The molecule has 0 saturated carbocycles. The van der Waals surface area contributed by atoms with Gasteiger partial charge < -0.3 is 18.9 Å². The number of hydrogen-bond acceptors (Lipinski definition) is 5. The molecule has 0 aliphatic carbocycles. The van der Waals surface area contributed by atoms with Gasteiger partial charge in [0, 0.05) is 5.02 Å². The average Bonchev–Trinajstić information content (AvgIpc) is 2.58. The molecule has 0 heterocycles. The number of methoxy groups -OCH3 is 3. The van der Waals surface area contributed by atoms with Gasteiger partial charge in [0.15, 0.2) is 11.5 Å². The maximum atomic E-state index is 12.2. The van der Waals surface area contributed by atoms with Crippen molar-refractivity contribution in [1.29, 1.82) is 0 Å². The molecule has 0 N–H and O–H groups in total. The standard InChI is InChI=1S/C17H17ClO5/c1-20-14-8-12(9-15(21-2)16(14)22-3)17(19)23-10-11-5-4-6-13(18)7-11/h4-9H,10H2,1-3H3. The maximum absolute atomic E-state index is 12.2. The van der Waals surface area contributed by atoms with Crippen LogP contribution < -0.4 is 14.2 Å². The molecule has 0 aliphatic heterocycles. The second kappa shape index (κ2) is 7.74. The van der Waals surface area contributed by atoms with Gasteiger partial charge in [-0.1, -0.05) is 23.7 Å². The third-order valence-electron chi connectivity index (χ3n) is 3.16. The van der Waals surface area contributed by atoms with Gasteiger partial charge in [0.2, 0.25) is 5.75 Å². The Bertz CT molecular complexity index is 674. The quantitative estimate of drug-likeness (QED) is 0.752. The molecule has 0 radical (unpaired) electrons. The highest BCUT2D eigenvalue weighted by Crippen LogP contribution is 2.38. The van der Waals surface area contributed by atoms with Gasteiger partial charge in [-0.2, -0.15) is 0 Å². The number of hydrogen-bond donors (Lipinski definition) is 0. The van der Waals surface area contributed by atoms with Crippen LogP contribution in [0.4, 0.5) is 0 Å². The van der Waals surface area contributed by atoms with E-state index in [0.29, 0.717) is 27.8 Å². The van der Waals surface area contributed by atoms with Gasteiger partial charge in [-0.05, 0) is 29.8 Å². The predicted octanol–water partition coefficient (Wildman–Crippen LogP) is 3.72. The maximum Gasteiger partial charge on any atom is 0.338 e. The molecule has 0 saturated heterocycles. The van der Waals surface area contributed by atoms with Crippen LogP contribution in [0.1, 0.15) is 15.9 Å². The summed E-state index contributed by atoms with van der Waals surface area (Å²) in [4.78, 5) is 12.2. The van der Waals surface area contributed by atoms with Crippen molar-refractivity contribution in [3.05, 3.63) is 52.5 Å². The van der Waals surface area contributed by atoms with Crippen LogP contribution in [-0.4, -0.2) is 27.3 Å². The smallest absolute Gasteiger partial charge is 0.338 e. The topological polar surface area (TPSA) is 54.0 Å². The van der Waals surface area contributed by atoms with E-state index in [9.17, 15) is 4.79 Å². The normalized spacial score (nSPS) is 10.1. The molecule has 0 fully saturated rings. The Hall–Kier alpha value is -2.40. The zero-order valence-electron chi connectivity index (χ0n) is 13.1. The zero-order chi connectivity index (χ0) is 16.8. The minimum Gasteiger partial charge on any atom is -0.493 e. The van der Waals surface area contributed by atoms with Crippen molar-refractivity contribution in [2.75, 3.05) is 21.3 Å². The molecule has 6 heteroatoms. The lowest BCUT2D eigenvalue weighted by Crippen LogP contribution is -2.07. The van der Waals surface area contributed by atoms with Gasteiger partial charge in [-0.3, -0.25) is 0 Å². The highest BCUT2D eigenvalue weighted by atomic mass is 35.5. The Balaban J connectivity index is 2.18. The van der Waals surface area contributed by atoms with Gasteiger partial charge in [0.05, 0.1) is 26.9 Å². The summed E-state index contributed by atoms with van der Waals surface area (Å²) < 4.78 is 20.9. The molecular formula is C17H17ClO5. The molecule has 23 heavy (non-hydrogen) atoms. The molecule has 0 bridgehead atoms. The van der Waals surface area contributed by atoms with E-state index in [1.54, 1.807) is 30.3 Å². The number of carbonyl (C=O) groups excluding carboxylic acids is 1. The molecule has 0 amide bonds. The van der Waals surface area contributed by atoms with Gasteiger partial charge in [0.1, 0.15) is 6.61 Å². The molecule has 2 aromatic rings.